The van der Waals surface area contributed by atoms with Gasteiger partial charge in [0, 0.05) is 18.7 Å². The second-order valence-corrected chi connectivity index (χ2v) is 7.30. The molecule has 0 radical (unpaired) electrons. The van der Waals surface area contributed by atoms with Crippen LogP contribution >= 0.6 is 11.3 Å². The second-order valence-electron chi connectivity index (χ2n) is 6.49. The highest BCUT2D eigenvalue weighted by Gasteiger charge is 2.12. The molecule has 28 heavy (non-hydrogen) atoms. The van der Waals surface area contributed by atoms with Crippen molar-refractivity contribution in [3.05, 3.63) is 59.6 Å². The number of aromatic nitrogens is 6. The maximum atomic E-state index is 4.24. The van der Waals surface area contributed by atoms with Crippen LogP contribution in [-0.4, -0.2) is 37.4 Å². The van der Waals surface area contributed by atoms with Crippen LogP contribution in [0.4, 0.5) is 5.13 Å². The highest BCUT2D eigenvalue weighted by molar-refractivity contribution is 7.13. The van der Waals surface area contributed by atoms with Crippen LogP contribution in [0, 0.1) is 0 Å². The van der Waals surface area contributed by atoms with Crippen LogP contribution < -0.4 is 4.90 Å². The van der Waals surface area contributed by atoms with Gasteiger partial charge in [-0.2, -0.15) is 0 Å². The SMILES string of the molecule is CCCCN(Cc1ccc(-c2ccccc2-c2nnn[nH]2)cc1)c1nncs1. The van der Waals surface area contributed by atoms with E-state index in [-0.39, 0.29) is 0 Å². The number of unbranched alkanes of at least 4 members (excludes halogenated alkanes) is 1. The number of H-pyrrole nitrogens is 1. The summed E-state index contributed by atoms with van der Waals surface area (Å²) < 4.78 is 0. The van der Waals surface area contributed by atoms with Gasteiger partial charge in [0.1, 0.15) is 5.51 Å². The van der Waals surface area contributed by atoms with E-state index in [1.807, 2.05) is 18.2 Å². The molecular formula is C20H21N7S. The zero-order valence-corrected chi connectivity index (χ0v) is 16.4. The molecular weight excluding hydrogens is 370 g/mol. The van der Waals surface area contributed by atoms with Crippen LogP contribution in [0.25, 0.3) is 22.5 Å². The summed E-state index contributed by atoms with van der Waals surface area (Å²) in [6.07, 6.45) is 2.29. The summed E-state index contributed by atoms with van der Waals surface area (Å²) in [7, 11) is 0. The number of anilines is 1. The summed E-state index contributed by atoms with van der Waals surface area (Å²) in [6.45, 7) is 4.01. The first-order chi connectivity index (χ1) is 13.8. The van der Waals surface area contributed by atoms with Gasteiger partial charge in [-0.05, 0) is 33.5 Å². The zero-order chi connectivity index (χ0) is 19.2. The highest BCUT2D eigenvalue weighted by atomic mass is 32.1. The fourth-order valence-electron chi connectivity index (χ4n) is 3.12. The van der Waals surface area contributed by atoms with Crippen LogP contribution in [-0.2, 0) is 6.54 Å². The van der Waals surface area contributed by atoms with E-state index < -0.39 is 0 Å². The van der Waals surface area contributed by atoms with Gasteiger partial charge >= 0.3 is 0 Å². The molecule has 0 aliphatic carbocycles. The Kier molecular flexibility index (Phi) is 5.67. The number of hydrogen-bond acceptors (Lipinski definition) is 7. The Bertz CT molecular complexity index is 982. The van der Waals surface area contributed by atoms with Gasteiger partial charge in [-0.15, -0.1) is 15.3 Å². The predicted octanol–water partition coefficient (Wildman–Crippen LogP) is 4.19. The van der Waals surface area contributed by atoms with Gasteiger partial charge in [0.2, 0.25) is 5.13 Å². The average molecular weight is 392 g/mol. The van der Waals surface area contributed by atoms with E-state index in [2.05, 4.69) is 73.0 Å². The zero-order valence-electron chi connectivity index (χ0n) is 15.6. The maximum absolute atomic E-state index is 4.24. The summed E-state index contributed by atoms with van der Waals surface area (Å²) in [5, 5.41) is 23.5. The molecule has 4 aromatic rings. The van der Waals surface area contributed by atoms with Crippen molar-refractivity contribution in [2.75, 3.05) is 11.4 Å². The third-order valence-electron chi connectivity index (χ3n) is 4.57. The van der Waals surface area contributed by atoms with Crippen LogP contribution in [0.15, 0.2) is 54.0 Å². The van der Waals surface area contributed by atoms with E-state index in [1.165, 1.54) is 5.56 Å². The highest BCUT2D eigenvalue weighted by Crippen LogP contribution is 2.30. The third kappa shape index (κ3) is 4.07. The maximum Gasteiger partial charge on any atom is 0.208 e. The minimum Gasteiger partial charge on any atom is -0.342 e. The molecule has 0 fully saturated rings. The lowest BCUT2D eigenvalue weighted by Gasteiger charge is -2.21. The lowest BCUT2D eigenvalue weighted by atomic mass is 9.98. The van der Waals surface area contributed by atoms with Crippen molar-refractivity contribution in [1.82, 2.24) is 30.8 Å². The summed E-state index contributed by atoms with van der Waals surface area (Å²) in [5.41, 5.74) is 6.24. The molecule has 4 rings (SSSR count). The van der Waals surface area contributed by atoms with Gasteiger partial charge in [0.05, 0.1) is 0 Å². The lowest BCUT2D eigenvalue weighted by molar-refractivity contribution is 0.710. The Morgan fingerprint density at radius 2 is 1.82 bits per heavy atom. The van der Waals surface area contributed by atoms with E-state index in [4.69, 9.17) is 0 Å². The van der Waals surface area contributed by atoms with Gasteiger partial charge < -0.3 is 4.90 Å². The van der Waals surface area contributed by atoms with E-state index in [0.717, 1.165) is 47.8 Å². The molecule has 2 aromatic heterocycles. The molecule has 0 saturated heterocycles. The second kappa shape index (κ2) is 8.71. The quantitative estimate of drug-likeness (QED) is 0.485. The number of nitrogens with one attached hydrogen (secondary N) is 1. The third-order valence-corrected chi connectivity index (χ3v) is 5.32. The van der Waals surface area contributed by atoms with E-state index in [9.17, 15) is 0 Å². The Morgan fingerprint density at radius 1 is 1.00 bits per heavy atom. The van der Waals surface area contributed by atoms with Crippen molar-refractivity contribution in [3.8, 4) is 22.5 Å². The van der Waals surface area contributed by atoms with Gasteiger partial charge in [-0.1, -0.05) is 73.2 Å². The molecule has 0 unspecified atom stereocenters. The molecule has 0 spiro atoms. The number of tetrazole rings is 1. The van der Waals surface area contributed by atoms with Crippen LogP contribution in [0.3, 0.4) is 0 Å². The molecule has 0 amide bonds. The minimum atomic E-state index is 0.668. The summed E-state index contributed by atoms with van der Waals surface area (Å²) in [5.74, 6) is 0.668. The van der Waals surface area contributed by atoms with Crippen molar-refractivity contribution in [3.63, 3.8) is 0 Å². The first-order valence-corrected chi connectivity index (χ1v) is 10.2. The monoisotopic (exact) mass is 391 g/mol. The summed E-state index contributed by atoms with van der Waals surface area (Å²) in [4.78, 5) is 2.30. The predicted molar refractivity (Wildman–Crippen MR) is 111 cm³/mol. The van der Waals surface area contributed by atoms with Gasteiger partial charge in [-0.25, -0.2) is 5.10 Å². The molecule has 0 atom stereocenters. The minimum absolute atomic E-state index is 0.668. The standard InChI is InChI=1S/C20H21N7S/c1-2-3-12-27(20-24-21-14-28-20)13-15-8-10-16(11-9-15)17-6-4-5-7-18(17)19-22-25-26-23-19/h4-11,14H,2-3,12-13H2,1H3,(H,22,23,25,26). The first kappa shape index (κ1) is 18.2. The number of rotatable bonds is 8. The number of aromatic amines is 1. The fraction of sp³-hybridized carbons (Fsp3) is 0.250. The smallest absolute Gasteiger partial charge is 0.208 e. The number of nitrogens with zero attached hydrogens (tertiary/aromatic N) is 6. The Balaban J connectivity index is 1.56. The van der Waals surface area contributed by atoms with Gasteiger partial charge in [-0.3, -0.25) is 0 Å². The van der Waals surface area contributed by atoms with E-state index >= 15 is 0 Å². The number of hydrogen-bond donors (Lipinski definition) is 1. The van der Waals surface area contributed by atoms with Crippen LogP contribution in [0.2, 0.25) is 0 Å². The topological polar surface area (TPSA) is 83.5 Å². The van der Waals surface area contributed by atoms with Gasteiger partial charge in [0.25, 0.3) is 0 Å². The summed E-state index contributed by atoms with van der Waals surface area (Å²) in [6, 6.07) is 16.8. The largest absolute Gasteiger partial charge is 0.342 e. The Labute approximate surface area is 167 Å². The normalized spacial score (nSPS) is 10.9. The van der Waals surface area contributed by atoms with E-state index in [0.29, 0.717) is 5.82 Å². The molecule has 7 nitrogen and oxygen atoms in total. The van der Waals surface area contributed by atoms with Crippen LogP contribution in [0.1, 0.15) is 25.3 Å². The van der Waals surface area contributed by atoms with Gasteiger partial charge in [0.15, 0.2) is 5.82 Å². The fourth-order valence-corrected chi connectivity index (χ4v) is 3.71. The average Bonchev–Trinajstić information content (AvgIpc) is 3.46. The van der Waals surface area contributed by atoms with Crippen molar-refractivity contribution in [2.45, 2.75) is 26.3 Å². The Morgan fingerprint density at radius 3 is 2.50 bits per heavy atom. The molecule has 2 heterocycles. The molecule has 0 saturated carbocycles. The molecule has 0 aliphatic rings. The van der Waals surface area contributed by atoms with Crippen molar-refractivity contribution >= 4 is 16.5 Å². The Hall–Kier alpha value is -3.13. The molecule has 1 N–H and O–H groups in total. The lowest BCUT2D eigenvalue weighted by Crippen LogP contribution is -2.23. The number of benzene rings is 2. The van der Waals surface area contributed by atoms with Crippen molar-refractivity contribution < 1.29 is 0 Å². The molecule has 142 valence electrons. The molecule has 0 bridgehead atoms. The van der Waals surface area contributed by atoms with Crippen LogP contribution in [0.5, 0.6) is 0 Å². The first-order valence-electron chi connectivity index (χ1n) is 9.28. The van der Waals surface area contributed by atoms with E-state index in [1.54, 1.807) is 16.8 Å². The molecule has 0 aliphatic heterocycles. The summed E-state index contributed by atoms with van der Waals surface area (Å²) >= 11 is 1.58. The molecule has 2 aromatic carbocycles. The van der Waals surface area contributed by atoms with Crippen molar-refractivity contribution in [2.24, 2.45) is 0 Å². The van der Waals surface area contributed by atoms with Crippen molar-refractivity contribution in [1.29, 1.82) is 0 Å². The molecule has 8 heteroatoms.